The molecule has 5 nitrogen and oxygen atoms in total. The number of benzene rings is 1. The summed E-state index contributed by atoms with van der Waals surface area (Å²) in [5.41, 5.74) is 0.917. The van der Waals surface area contributed by atoms with Gasteiger partial charge in [0.15, 0.2) is 5.96 Å². The van der Waals surface area contributed by atoms with Gasteiger partial charge in [-0.1, -0.05) is 25.5 Å². The van der Waals surface area contributed by atoms with E-state index in [0.717, 1.165) is 49.5 Å². The predicted octanol–water partition coefficient (Wildman–Crippen LogP) is 3.68. The van der Waals surface area contributed by atoms with Gasteiger partial charge in [0.1, 0.15) is 5.82 Å². The largest absolute Gasteiger partial charge is 0.357 e. The lowest BCUT2D eigenvalue weighted by molar-refractivity contribution is 0.305. The highest BCUT2D eigenvalue weighted by molar-refractivity contribution is 14.0. The standard InChI is InChI=1S/C21H35FN4OS.HI/c1-5-23-21(25-18-11-8-12-19(14-18)28(27)6-2)24-15-20(26(3)4)16-9-7-10-17(22)13-16;/h7,9-10,13,18-20H,5-6,8,11-12,14-15H2,1-4H3,(H2,23,24,25);1H. The van der Waals surface area contributed by atoms with Crippen LogP contribution in [0.25, 0.3) is 0 Å². The van der Waals surface area contributed by atoms with Crippen LogP contribution in [0.2, 0.25) is 0 Å². The van der Waals surface area contributed by atoms with Crippen LogP contribution in [-0.4, -0.2) is 59.3 Å². The summed E-state index contributed by atoms with van der Waals surface area (Å²) < 4.78 is 25.8. The molecule has 0 heterocycles. The van der Waals surface area contributed by atoms with Crippen LogP contribution in [-0.2, 0) is 10.8 Å². The number of guanidine groups is 1. The average molecular weight is 539 g/mol. The third kappa shape index (κ3) is 8.49. The second kappa shape index (κ2) is 13.5. The lowest BCUT2D eigenvalue weighted by atomic mass is 9.95. The molecule has 0 aliphatic heterocycles. The second-order valence-corrected chi connectivity index (χ2v) is 9.56. The van der Waals surface area contributed by atoms with Crippen molar-refractivity contribution >= 4 is 40.7 Å². The molecule has 1 aromatic carbocycles. The van der Waals surface area contributed by atoms with Gasteiger partial charge in [-0.15, -0.1) is 24.0 Å². The van der Waals surface area contributed by atoms with Gasteiger partial charge in [-0.25, -0.2) is 4.39 Å². The van der Waals surface area contributed by atoms with Crippen molar-refractivity contribution in [3.8, 4) is 0 Å². The van der Waals surface area contributed by atoms with Gasteiger partial charge >= 0.3 is 0 Å². The van der Waals surface area contributed by atoms with E-state index < -0.39 is 10.8 Å². The lowest BCUT2D eigenvalue weighted by Crippen LogP contribution is -2.47. The number of likely N-dealkylation sites (N-methyl/N-ethyl adjacent to an activating group) is 1. The van der Waals surface area contributed by atoms with E-state index in [1.807, 2.05) is 34.0 Å². The van der Waals surface area contributed by atoms with Crippen LogP contribution in [0.15, 0.2) is 29.3 Å². The van der Waals surface area contributed by atoms with Crippen LogP contribution >= 0.6 is 24.0 Å². The van der Waals surface area contributed by atoms with Crippen LogP contribution in [0.5, 0.6) is 0 Å². The van der Waals surface area contributed by atoms with Crippen molar-refractivity contribution in [2.75, 3.05) is 32.9 Å². The summed E-state index contributed by atoms with van der Waals surface area (Å²) in [5, 5.41) is 7.13. The Hall–Kier alpha value is -0.740. The maximum Gasteiger partial charge on any atom is 0.191 e. The highest BCUT2D eigenvalue weighted by atomic mass is 127. The molecule has 2 rings (SSSR count). The molecule has 0 saturated heterocycles. The molecule has 29 heavy (non-hydrogen) atoms. The van der Waals surface area contributed by atoms with Crippen LogP contribution in [0.4, 0.5) is 4.39 Å². The third-order valence-corrected chi connectivity index (χ3v) is 6.99. The van der Waals surface area contributed by atoms with E-state index in [0.29, 0.717) is 12.6 Å². The van der Waals surface area contributed by atoms with Crippen molar-refractivity contribution in [3.05, 3.63) is 35.6 Å². The zero-order chi connectivity index (χ0) is 20.5. The van der Waals surface area contributed by atoms with Crippen LogP contribution < -0.4 is 10.6 Å². The number of halogens is 2. The first kappa shape index (κ1) is 26.3. The smallest absolute Gasteiger partial charge is 0.191 e. The molecule has 0 spiro atoms. The molecule has 0 radical (unpaired) electrons. The molecule has 2 N–H and O–H groups in total. The van der Waals surface area contributed by atoms with E-state index in [9.17, 15) is 8.60 Å². The zero-order valence-electron chi connectivity index (χ0n) is 18.0. The lowest BCUT2D eigenvalue weighted by Gasteiger charge is -2.30. The predicted molar refractivity (Wildman–Crippen MR) is 132 cm³/mol. The molecular formula is C21H36FIN4OS. The van der Waals surface area contributed by atoms with Crippen molar-refractivity contribution in [1.82, 2.24) is 15.5 Å². The molecule has 0 aromatic heterocycles. The minimum absolute atomic E-state index is 0. The molecule has 1 saturated carbocycles. The number of rotatable bonds is 8. The molecule has 1 aliphatic rings. The van der Waals surface area contributed by atoms with E-state index in [4.69, 9.17) is 4.99 Å². The van der Waals surface area contributed by atoms with E-state index >= 15 is 0 Å². The molecule has 0 bridgehead atoms. The third-order valence-electron chi connectivity index (χ3n) is 5.25. The number of nitrogens with one attached hydrogen (secondary N) is 2. The zero-order valence-corrected chi connectivity index (χ0v) is 21.1. The molecule has 4 unspecified atom stereocenters. The summed E-state index contributed by atoms with van der Waals surface area (Å²) in [7, 11) is 3.23. The van der Waals surface area contributed by atoms with Gasteiger partial charge in [-0.05, 0) is 58.0 Å². The summed E-state index contributed by atoms with van der Waals surface area (Å²) in [6.45, 7) is 5.34. The highest BCUT2D eigenvalue weighted by Crippen LogP contribution is 2.23. The van der Waals surface area contributed by atoms with Gasteiger partial charge in [-0.3, -0.25) is 9.20 Å². The van der Waals surface area contributed by atoms with Gasteiger partial charge in [0, 0.05) is 34.4 Å². The van der Waals surface area contributed by atoms with E-state index in [1.54, 1.807) is 12.1 Å². The fourth-order valence-electron chi connectivity index (χ4n) is 3.72. The number of aliphatic imine (C=N–C) groups is 1. The first-order valence-electron chi connectivity index (χ1n) is 10.3. The summed E-state index contributed by atoms with van der Waals surface area (Å²) in [6, 6.07) is 7.01. The van der Waals surface area contributed by atoms with Crippen molar-refractivity contribution in [1.29, 1.82) is 0 Å². The topological polar surface area (TPSA) is 56.7 Å². The van der Waals surface area contributed by atoms with Gasteiger partial charge < -0.3 is 15.5 Å². The van der Waals surface area contributed by atoms with Crippen molar-refractivity contribution in [3.63, 3.8) is 0 Å². The molecule has 8 heteroatoms. The summed E-state index contributed by atoms with van der Waals surface area (Å²) in [4.78, 5) is 6.84. The van der Waals surface area contributed by atoms with Crippen molar-refractivity contribution < 1.29 is 8.60 Å². The van der Waals surface area contributed by atoms with Gasteiger partial charge in [0.2, 0.25) is 0 Å². The molecular weight excluding hydrogens is 502 g/mol. The second-order valence-electron chi connectivity index (χ2n) is 7.55. The maximum absolute atomic E-state index is 13.6. The fraction of sp³-hybridized carbons (Fsp3) is 0.667. The quantitative estimate of drug-likeness (QED) is 0.301. The first-order chi connectivity index (χ1) is 13.4. The average Bonchev–Trinajstić information content (AvgIpc) is 2.67. The van der Waals surface area contributed by atoms with E-state index in [1.165, 1.54) is 6.07 Å². The van der Waals surface area contributed by atoms with Gasteiger partial charge in [-0.2, -0.15) is 0 Å². The Balaban J connectivity index is 0.00000420. The maximum atomic E-state index is 13.6. The normalized spacial score (nSPS) is 21.9. The summed E-state index contributed by atoms with van der Waals surface area (Å²) >= 11 is 0. The Morgan fingerprint density at radius 3 is 2.72 bits per heavy atom. The molecule has 4 atom stereocenters. The molecule has 166 valence electrons. The van der Waals surface area contributed by atoms with Crippen molar-refractivity contribution in [2.45, 2.75) is 56.9 Å². The van der Waals surface area contributed by atoms with Crippen molar-refractivity contribution in [2.24, 2.45) is 4.99 Å². The van der Waals surface area contributed by atoms with Crippen LogP contribution in [0.1, 0.15) is 51.1 Å². The Morgan fingerprint density at radius 1 is 1.34 bits per heavy atom. The first-order valence-corrected chi connectivity index (χ1v) is 11.7. The fourth-order valence-corrected chi connectivity index (χ4v) is 5.07. The van der Waals surface area contributed by atoms with Gasteiger partial charge in [0.05, 0.1) is 12.6 Å². The Kier molecular flexibility index (Phi) is 12.3. The van der Waals surface area contributed by atoms with Crippen LogP contribution in [0, 0.1) is 5.82 Å². The van der Waals surface area contributed by atoms with E-state index in [-0.39, 0.29) is 41.1 Å². The summed E-state index contributed by atoms with van der Waals surface area (Å²) in [6.07, 6.45) is 4.14. The minimum atomic E-state index is -0.740. The number of hydrogen-bond donors (Lipinski definition) is 2. The highest BCUT2D eigenvalue weighted by Gasteiger charge is 2.26. The Labute approximate surface area is 194 Å². The Bertz CT molecular complexity index is 674. The van der Waals surface area contributed by atoms with Crippen LogP contribution in [0.3, 0.4) is 0 Å². The monoisotopic (exact) mass is 538 g/mol. The van der Waals surface area contributed by atoms with E-state index in [2.05, 4.69) is 15.5 Å². The Morgan fingerprint density at radius 2 is 2.10 bits per heavy atom. The number of nitrogens with zero attached hydrogens (tertiary/aromatic N) is 2. The molecule has 0 amide bonds. The van der Waals surface area contributed by atoms with Gasteiger partial charge in [0.25, 0.3) is 0 Å². The molecule has 1 aliphatic carbocycles. The molecule has 1 fully saturated rings. The SMILES string of the molecule is CCNC(=NCC(c1cccc(F)c1)N(C)C)NC1CCCC(S(=O)CC)C1.I. The molecule has 1 aromatic rings. The minimum Gasteiger partial charge on any atom is -0.357 e. The summed E-state index contributed by atoms with van der Waals surface area (Å²) in [5.74, 6) is 1.28. The number of hydrogen-bond acceptors (Lipinski definition) is 3.